The second-order valence-electron chi connectivity index (χ2n) is 9.08. The monoisotopic (exact) mass is 574 g/mol. The smallest absolute Gasteiger partial charge is 0.872 e. The van der Waals surface area contributed by atoms with Crippen molar-refractivity contribution >= 4 is 0 Å². The van der Waals surface area contributed by atoms with Gasteiger partial charge in [-0.2, -0.15) is 0 Å². The Morgan fingerprint density at radius 3 is 0.595 bits per heavy atom. The van der Waals surface area contributed by atoms with Gasteiger partial charge in [-0.25, -0.2) is 0 Å². The molecule has 0 N–H and O–H groups in total. The van der Waals surface area contributed by atoms with E-state index < -0.39 is 0 Å². The maximum atomic E-state index is 10.8. The minimum atomic E-state index is 0. The Kier molecular flexibility index (Phi) is 15.3. The van der Waals surface area contributed by atoms with Gasteiger partial charge in [0, 0.05) is 0 Å². The number of hydrogen-bond acceptors (Lipinski definition) is 4. The van der Waals surface area contributed by atoms with Crippen molar-refractivity contribution in [2.75, 3.05) is 0 Å². The van der Waals surface area contributed by atoms with Gasteiger partial charge in [-0.3, -0.25) is 0 Å². The van der Waals surface area contributed by atoms with E-state index in [1.165, 1.54) is 0 Å². The van der Waals surface area contributed by atoms with Crippen molar-refractivity contribution in [3.63, 3.8) is 0 Å². The molecule has 0 amide bonds. The Morgan fingerprint density at radius 1 is 0.324 bits per heavy atom. The Morgan fingerprint density at radius 2 is 0.486 bits per heavy atom. The molecule has 37 heavy (non-hydrogen) atoms. The topological polar surface area (TPSA) is 92.2 Å². The molecule has 0 aliphatic heterocycles. The van der Waals surface area contributed by atoms with Crippen LogP contribution in [0.25, 0.3) is 0 Å². The summed E-state index contributed by atoms with van der Waals surface area (Å²) < 4.78 is 0. The third-order valence-corrected chi connectivity index (χ3v) is 5.32. The first-order valence-electron chi connectivity index (χ1n) is 11.8. The molecule has 4 rings (SSSR count). The average molecular weight is 576 g/mol. The van der Waals surface area contributed by atoms with Crippen LogP contribution >= 0.6 is 0 Å². The predicted octanol–water partition coefficient (Wildman–Crippen LogP) is 5.51. The van der Waals surface area contributed by atoms with E-state index in [0.717, 1.165) is 44.5 Å². The van der Waals surface area contributed by atoms with Crippen LogP contribution in [0.4, 0.5) is 0 Å². The van der Waals surface area contributed by atoms with Crippen LogP contribution in [0.5, 0.6) is 23.0 Å². The number of rotatable bonds is 0. The zero-order valence-electron chi connectivity index (χ0n) is 23.1. The first-order chi connectivity index (χ1) is 16.8. The summed E-state index contributed by atoms with van der Waals surface area (Å²) in [5.41, 5.74) is 7.90. The van der Waals surface area contributed by atoms with Gasteiger partial charge in [0.1, 0.15) is 0 Å². The minimum Gasteiger partial charge on any atom is -0.872 e. The van der Waals surface area contributed by atoms with Crippen LogP contribution in [0.1, 0.15) is 44.5 Å². The summed E-state index contributed by atoms with van der Waals surface area (Å²) in [4.78, 5) is 0. The second-order valence-corrected chi connectivity index (χ2v) is 9.08. The summed E-state index contributed by atoms with van der Waals surface area (Å²) in [5, 5.41) is 43.1. The molecule has 4 aromatic carbocycles. The first-order valence-corrected chi connectivity index (χ1v) is 11.8. The third kappa shape index (κ3) is 13.2. The van der Waals surface area contributed by atoms with E-state index in [-0.39, 0.29) is 49.2 Å². The van der Waals surface area contributed by atoms with Crippen molar-refractivity contribution in [3.8, 4) is 23.0 Å². The van der Waals surface area contributed by atoms with Gasteiger partial charge in [0.05, 0.1) is 0 Å². The number of aryl methyl sites for hydroxylation is 8. The Labute approximate surface area is 241 Å². The maximum Gasteiger partial charge on any atom is 4.00 e. The molecule has 0 fully saturated rings. The molecule has 4 aromatic rings. The first kappa shape index (κ1) is 34.0. The Bertz CT molecular complexity index is 1070. The summed E-state index contributed by atoms with van der Waals surface area (Å²) in [6.45, 7) is 15.2. The van der Waals surface area contributed by atoms with Crippen molar-refractivity contribution in [2.45, 2.75) is 55.4 Å². The molecule has 0 aromatic heterocycles. The molecule has 5 heteroatoms. The minimum absolute atomic E-state index is 0. The van der Waals surface area contributed by atoms with E-state index in [4.69, 9.17) is 0 Å². The summed E-state index contributed by atoms with van der Waals surface area (Å²) in [6, 6.07) is 21.3. The molecule has 192 valence electrons. The van der Waals surface area contributed by atoms with Crippen LogP contribution in [0.3, 0.4) is 0 Å². The summed E-state index contributed by atoms with van der Waals surface area (Å²) in [6.07, 6.45) is 0. The number of hydrogen-bond donors (Lipinski definition) is 0. The molecular formula is C32H36O4Zr. The molecule has 0 aliphatic carbocycles. The maximum absolute atomic E-state index is 10.8. The van der Waals surface area contributed by atoms with Gasteiger partial charge in [0.15, 0.2) is 0 Å². The van der Waals surface area contributed by atoms with Crippen LogP contribution in [-0.2, 0) is 26.2 Å². The van der Waals surface area contributed by atoms with Crippen LogP contribution in [-0.4, -0.2) is 0 Å². The van der Waals surface area contributed by atoms with Crippen LogP contribution in [0, 0.1) is 55.4 Å². The van der Waals surface area contributed by atoms with Gasteiger partial charge in [-0.1, -0.05) is 117 Å². The molecule has 0 spiro atoms. The zero-order chi connectivity index (χ0) is 27.4. The summed E-state index contributed by atoms with van der Waals surface area (Å²) in [7, 11) is 0. The zero-order valence-corrected chi connectivity index (χ0v) is 25.5. The van der Waals surface area contributed by atoms with Gasteiger partial charge >= 0.3 is 26.2 Å². The predicted molar refractivity (Wildman–Crippen MR) is 141 cm³/mol. The molecule has 0 saturated carbocycles. The van der Waals surface area contributed by atoms with Gasteiger partial charge < -0.3 is 20.4 Å². The van der Waals surface area contributed by atoms with E-state index in [1.807, 2.05) is 104 Å². The average Bonchev–Trinajstić information content (AvgIpc) is 2.81. The van der Waals surface area contributed by atoms with Crippen LogP contribution in [0.2, 0.25) is 0 Å². The largest absolute Gasteiger partial charge is 4.00 e. The van der Waals surface area contributed by atoms with E-state index >= 15 is 0 Å². The van der Waals surface area contributed by atoms with Crippen molar-refractivity contribution in [2.24, 2.45) is 0 Å². The molecule has 0 radical (unpaired) electrons. The van der Waals surface area contributed by atoms with Gasteiger partial charge in [-0.05, 0) is 55.4 Å². The van der Waals surface area contributed by atoms with Gasteiger partial charge in [0.25, 0.3) is 0 Å². The fourth-order valence-corrected chi connectivity index (χ4v) is 3.20. The molecule has 0 saturated heterocycles. The van der Waals surface area contributed by atoms with Crippen molar-refractivity contribution in [1.82, 2.24) is 0 Å². The van der Waals surface area contributed by atoms with Crippen LogP contribution < -0.4 is 20.4 Å². The SMILES string of the molecule is Cc1ccc([O-])c(C)c1.Cc1ccc([O-])c(C)c1.Cc1ccc([O-])c(C)c1.Cc1ccc([O-])c(C)c1.[Zr+4]. The van der Waals surface area contributed by atoms with Crippen molar-refractivity contribution in [1.29, 1.82) is 0 Å². The van der Waals surface area contributed by atoms with E-state index in [9.17, 15) is 20.4 Å². The van der Waals surface area contributed by atoms with Gasteiger partial charge in [-0.15, -0.1) is 23.0 Å². The molecule has 4 nitrogen and oxygen atoms in total. The quantitative estimate of drug-likeness (QED) is 0.277. The Hall–Kier alpha value is -3.04. The fraction of sp³-hybridized carbons (Fsp3) is 0.250. The normalized spacial score (nSPS) is 9.30. The molecule has 0 aliphatic rings. The third-order valence-electron chi connectivity index (χ3n) is 5.32. The van der Waals surface area contributed by atoms with Crippen LogP contribution in [0.15, 0.2) is 72.8 Å². The summed E-state index contributed by atoms with van der Waals surface area (Å²) >= 11 is 0. The standard InChI is InChI=1S/4C8H10O.Zr/c4*1-6-3-4-8(9)7(2)5-6;/h4*3-5,9H,1-2H3;/q;;;;+4/p-4. The van der Waals surface area contributed by atoms with E-state index in [1.54, 1.807) is 24.3 Å². The fourth-order valence-electron chi connectivity index (χ4n) is 3.20. The molecule has 0 heterocycles. The molecule has 0 bridgehead atoms. The van der Waals surface area contributed by atoms with E-state index in [0.29, 0.717) is 0 Å². The number of benzene rings is 4. The second kappa shape index (κ2) is 16.7. The van der Waals surface area contributed by atoms with Gasteiger partial charge in [0.2, 0.25) is 0 Å². The molecule has 0 atom stereocenters. The van der Waals surface area contributed by atoms with E-state index in [2.05, 4.69) is 0 Å². The molecular weight excluding hydrogens is 540 g/mol. The van der Waals surface area contributed by atoms with Crippen molar-refractivity contribution in [3.05, 3.63) is 117 Å². The van der Waals surface area contributed by atoms with Crippen molar-refractivity contribution < 1.29 is 46.6 Å². The Balaban J connectivity index is 0.000000463. The molecule has 0 unspecified atom stereocenters. The summed E-state index contributed by atoms with van der Waals surface area (Å²) in [5.74, 6) is 0.502.